The van der Waals surface area contributed by atoms with Crippen molar-refractivity contribution in [2.45, 2.75) is 6.92 Å². The number of nitriles is 1. The maximum absolute atomic E-state index is 8.70. The van der Waals surface area contributed by atoms with Gasteiger partial charge in [-0.2, -0.15) is 10.4 Å². The van der Waals surface area contributed by atoms with Crippen LogP contribution in [0.4, 0.5) is 0 Å². The smallest absolute Gasteiger partial charge is 0.0992 e. The predicted octanol–water partition coefficient (Wildman–Crippen LogP) is 2.71. The van der Waals surface area contributed by atoms with E-state index in [1.807, 2.05) is 19.2 Å². The van der Waals surface area contributed by atoms with Crippen LogP contribution in [-0.4, -0.2) is 9.78 Å². The van der Waals surface area contributed by atoms with Crippen molar-refractivity contribution in [1.82, 2.24) is 9.78 Å². The Kier molecular flexibility index (Phi) is 2.44. The fourth-order valence-electron chi connectivity index (χ4n) is 1.31. The lowest BCUT2D eigenvalue weighted by Crippen LogP contribution is -1.95. The predicted molar refractivity (Wildman–Crippen MR) is 58.0 cm³/mol. The third-order valence-corrected chi connectivity index (χ3v) is 2.34. The van der Waals surface area contributed by atoms with E-state index in [4.69, 9.17) is 16.9 Å². The lowest BCUT2D eigenvalue weighted by atomic mass is 10.2. The number of hydrogen-bond acceptors (Lipinski definition) is 2. The molecule has 0 spiro atoms. The molecule has 15 heavy (non-hydrogen) atoms. The monoisotopic (exact) mass is 217 g/mol. The van der Waals surface area contributed by atoms with E-state index in [-0.39, 0.29) is 0 Å². The first-order valence-electron chi connectivity index (χ1n) is 4.42. The number of halogens is 1. The Morgan fingerprint density at radius 1 is 1.47 bits per heavy atom. The van der Waals surface area contributed by atoms with E-state index in [1.165, 1.54) is 0 Å². The Morgan fingerprint density at radius 3 is 2.80 bits per heavy atom. The summed E-state index contributed by atoms with van der Waals surface area (Å²) in [6.07, 6.45) is 3.64. The van der Waals surface area contributed by atoms with Crippen LogP contribution in [0.25, 0.3) is 5.69 Å². The van der Waals surface area contributed by atoms with Crippen molar-refractivity contribution in [3.63, 3.8) is 0 Å². The molecule has 0 saturated carbocycles. The third kappa shape index (κ3) is 1.85. The second-order valence-corrected chi connectivity index (χ2v) is 3.65. The zero-order chi connectivity index (χ0) is 10.8. The molecular formula is C11H8ClN3. The summed E-state index contributed by atoms with van der Waals surface area (Å²) in [6.45, 7) is 1.96. The van der Waals surface area contributed by atoms with E-state index in [2.05, 4.69) is 5.10 Å². The first-order chi connectivity index (χ1) is 7.20. The molecule has 1 aromatic carbocycles. The van der Waals surface area contributed by atoms with Gasteiger partial charge in [-0.15, -0.1) is 0 Å². The molecule has 4 heteroatoms. The van der Waals surface area contributed by atoms with Gasteiger partial charge in [0.25, 0.3) is 0 Å². The molecule has 1 heterocycles. The van der Waals surface area contributed by atoms with Crippen molar-refractivity contribution in [1.29, 1.82) is 5.26 Å². The minimum Gasteiger partial charge on any atom is -0.239 e. The van der Waals surface area contributed by atoms with Gasteiger partial charge in [0.15, 0.2) is 0 Å². The van der Waals surface area contributed by atoms with Crippen LogP contribution in [0.3, 0.4) is 0 Å². The summed E-state index contributed by atoms with van der Waals surface area (Å²) in [7, 11) is 0. The third-order valence-electron chi connectivity index (χ3n) is 2.04. The van der Waals surface area contributed by atoms with Crippen molar-refractivity contribution >= 4 is 11.6 Å². The van der Waals surface area contributed by atoms with Gasteiger partial charge in [0.1, 0.15) is 0 Å². The SMILES string of the molecule is Cc1cnn(-c2ccc(C#N)cc2Cl)c1. The summed E-state index contributed by atoms with van der Waals surface area (Å²) >= 11 is 6.04. The van der Waals surface area contributed by atoms with Crippen molar-refractivity contribution in [3.05, 3.63) is 46.7 Å². The molecule has 0 saturated heterocycles. The summed E-state index contributed by atoms with van der Waals surface area (Å²) in [5, 5.41) is 13.4. The Morgan fingerprint density at radius 2 is 2.27 bits per heavy atom. The van der Waals surface area contributed by atoms with Crippen LogP contribution in [0.5, 0.6) is 0 Å². The number of rotatable bonds is 1. The van der Waals surface area contributed by atoms with Gasteiger partial charge < -0.3 is 0 Å². The van der Waals surface area contributed by atoms with E-state index >= 15 is 0 Å². The quantitative estimate of drug-likeness (QED) is 0.737. The molecule has 0 atom stereocenters. The zero-order valence-electron chi connectivity index (χ0n) is 8.11. The Balaban J connectivity index is 2.51. The highest BCUT2D eigenvalue weighted by atomic mass is 35.5. The van der Waals surface area contributed by atoms with Crippen LogP contribution in [0, 0.1) is 18.3 Å². The first kappa shape index (κ1) is 9.75. The van der Waals surface area contributed by atoms with E-state index in [0.29, 0.717) is 10.6 Å². The van der Waals surface area contributed by atoms with Gasteiger partial charge in [0.05, 0.1) is 28.5 Å². The van der Waals surface area contributed by atoms with E-state index in [1.54, 1.807) is 29.1 Å². The van der Waals surface area contributed by atoms with E-state index in [0.717, 1.165) is 11.3 Å². The van der Waals surface area contributed by atoms with Crippen LogP contribution in [0.15, 0.2) is 30.6 Å². The molecule has 2 rings (SSSR count). The minimum atomic E-state index is 0.525. The maximum Gasteiger partial charge on any atom is 0.0992 e. The standard InChI is InChI=1S/C11H8ClN3/c1-8-6-14-15(7-8)11-3-2-9(5-13)4-10(11)12/h2-4,6-7H,1H3. The Labute approximate surface area is 92.5 Å². The summed E-state index contributed by atoms with van der Waals surface area (Å²) in [4.78, 5) is 0. The van der Waals surface area contributed by atoms with Crippen molar-refractivity contribution in [3.8, 4) is 11.8 Å². The van der Waals surface area contributed by atoms with Gasteiger partial charge in [0, 0.05) is 6.20 Å². The molecule has 74 valence electrons. The zero-order valence-corrected chi connectivity index (χ0v) is 8.86. The van der Waals surface area contributed by atoms with Gasteiger partial charge in [-0.25, -0.2) is 4.68 Å². The number of nitrogens with zero attached hydrogens (tertiary/aromatic N) is 3. The van der Waals surface area contributed by atoms with Gasteiger partial charge in [-0.3, -0.25) is 0 Å². The molecular weight excluding hydrogens is 210 g/mol. The summed E-state index contributed by atoms with van der Waals surface area (Å²) < 4.78 is 1.69. The average Bonchev–Trinajstić information content (AvgIpc) is 2.64. The molecule has 1 aromatic heterocycles. The second-order valence-electron chi connectivity index (χ2n) is 3.24. The van der Waals surface area contributed by atoms with Gasteiger partial charge in [-0.1, -0.05) is 11.6 Å². The first-order valence-corrected chi connectivity index (χ1v) is 4.80. The molecule has 2 aromatic rings. The van der Waals surface area contributed by atoms with Crippen LogP contribution in [0.2, 0.25) is 5.02 Å². The molecule has 0 aliphatic carbocycles. The number of benzene rings is 1. The molecule has 0 amide bonds. The molecule has 0 aliphatic heterocycles. The lowest BCUT2D eigenvalue weighted by molar-refractivity contribution is 0.880. The second kappa shape index (κ2) is 3.76. The number of hydrogen-bond donors (Lipinski definition) is 0. The van der Waals surface area contributed by atoms with Crippen LogP contribution in [0.1, 0.15) is 11.1 Å². The van der Waals surface area contributed by atoms with Crippen molar-refractivity contribution in [2.24, 2.45) is 0 Å². The molecule has 0 aliphatic rings. The highest BCUT2D eigenvalue weighted by Crippen LogP contribution is 2.21. The van der Waals surface area contributed by atoms with Gasteiger partial charge in [0.2, 0.25) is 0 Å². The number of aryl methyl sites for hydroxylation is 1. The van der Waals surface area contributed by atoms with Crippen LogP contribution in [-0.2, 0) is 0 Å². The maximum atomic E-state index is 8.70. The Bertz CT molecular complexity index is 537. The fourth-order valence-corrected chi connectivity index (χ4v) is 1.57. The molecule has 0 unspecified atom stereocenters. The molecule has 0 fully saturated rings. The van der Waals surface area contributed by atoms with Gasteiger partial charge >= 0.3 is 0 Å². The van der Waals surface area contributed by atoms with Crippen LogP contribution < -0.4 is 0 Å². The molecule has 0 radical (unpaired) electrons. The molecule has 3 nitrogen and oxygen atoms in total. The number of aromatic nitrogens is 2. The minimum absolute atomic E-state index is 0.525. The summed E-state index contributed by atoms with van der Waals surface area (Å²) in [5.41, 5.74) is 2.40. The highest BCUT2D eigenvalue weighted by molar-refractivity contribution is 6.32. The summed E-state index contributed by atoms with van der Waals surface area (Å²) in [6, 6.07) is 7.18. The topological polar surface area (TPSA) is 41.6 Å². The fraction of sp³-hybridized carbons (Fsp3) is 0.0909. The summed E-state index contributed by atoms with van der Waals surface area (Å²) in [5.74, 6) is 0. The van der Waals surface area contributed by atoms with Crippen molar-refractivity contribution in [2.75, 3.05) is 0 Å². The largest absolute Gasteiger partial charge is 0.239 e. The van der Waals surface area contributed by atoms with Crippen molar-refractivity contribution < 1.29 is 0 Å². The highest BCUT2D eigenvalue weighted by Gasteiger charge is 2.04. The lowest BCUT2D eigenvalue weighted by Gasteiger charge is -2.03. The van der Waals surface area contributed by atoms with E-state index < -0.39 is 0 Å². The molecule has 0 N–H and O–H groups in total. The van der Waals surface area contributed by atoms with Crippen LogP contribution >= 0.6 is 11.6 Å². The Hall–Kier alpha value is -1.79. The van der Waals surface area contributed by atoms with E-state index in [9.17, 15) is 0 Å². The normalized spacial score (nSPS) is 9.93. The van der Waals surface area contributed by atoms with Gasteiger partial charge in [-0.05, 0) is 30.7 Å². The molecule has 0 bridgehead atoms. The average molecular weight is 218 g/mol.